The largest absolute Gasteiger partial charge is 0.459 e. The molecule has 2 aromatic heterocycles. The summed E-state index contributed by atoms with van der Waals surface area (Å²) in [5.41, 5.74) is 2.80. The van der Waals surface area contributed by atoms with Gasteiger partial charge in [0, 0.05) is 37.3 Å². The molecular formula is C19H18N4O3S. The molecule has 1 aromatic carbocycles. The molecule has 0 bridgehead atoms. The minimum absolute atomic E-state index is 0.0482. The SMILES string of the molecule is CSc1ncc2c(n1)CCN(Cc1ccc(-c3ccccc3[N+](=O)[O-])o1)C2. The zero-order chi connectivity index (χ0) is 18.8. The smallest absolute Gasteiger partial charge is 0.280 e. The van der Waals surface area contributed by atoms with E-state index in [1.54, 1.807) is 36.0 Å². The standard InChI is InChI=1S/C19H18N4O3S/c1-27-19-20-10-13-11-22(9-8-16(13)21-19)12-14-6-7-18(26-14)15-4-2-3-5-17(15)23(24)25/h2-7,10H,8-9,11-12H2,1H3. The van der Waals surface area contributed by atoms with Gasteiger partial charge in [0.1, 0.15) is 11.5 Å². The third-order valence-electron chi connectivity index (χ3n) is 4.58. The van der Waals surface area contributed by atoms with Crippen LogP contribution in [0.5, 0.6) is 0 Å². The number of aromatic nitrogens is 2. The van der Waals surface area contributed by atoms with Crippen molar-refractivity contribution in [2.75, 3.05) is 12.8 Å². The summed E-state index contributed by atoms with van der Waals surface area (Å²) in [7, 11) is 0. The normalized spacial score (nSPS) is 14.1. The van der Waals surface area contributed by atoms with Crippen LogP contribution in [-0.2, 0) is 19.5 Å². The van der Waals surface area contributed by atoms with Crippen LogP contribution in [0, 0.1) is 10.1 Å². The van der Waals surface area contributed by atoms with Crippen LogP contribution in [0.2, 0.25) is 0 Å². The van der Waals surface area contributed by atoms with E-state index in [1.165, 1.54) is 6.07 Å². The molecule has 7 nitrogen and oxygen atoms in total. The van der Waals surface area contributed by atoms with Crippen molar-refractivity contribution in [3.63, 3.8) is 0 Å². The molecular weight excluding hydrogens is 364 g/mol. The molecule has 4 rings (SSSR count). The summed E-state index contributed by atoms with van der Waals surface area (Å²) in [4.78, 5) is 22.0. The quantitative estimate of drug-likeness (QED) is 0.286. The fourth-order valence-electron chi connectivity index (χ4n) is 3.26. The van der Waals surface area contributed by atoms with Gasteiger partial charge in [0.05, 0.1) is 22.7 Å². The number of nitrogens with zero attached hydrogens (tertiary/aromatic N) is 4. The van der Waals surface area contributed by atoms with Crippen LogP contribution in [0.3, 0.4) is 0 Å². The second kappa shape index (κ2) is 7.50. The zero-order valence-electron chi connectivity index (χ0n) is 14.8. The van der Waals surface area contributed by atoms with Crippen molar-refractivity contribution < 1.29 is 9.34 Å². The van der Waals surface area contributed by atoms with Gasteiger partial charge in [-0.05, 0) is 24.5 Å². The number of nitro benzene ring substituents is 1. The van der Waals surface area contributed by atoms with Crippen molar-refractivity contribution in [3.8, 4) is 11.3 Å². The Kier molecular flexibility index (Phi) is 4.91. The fraction of sp³-hybridized carbons (Fsp3) is 0.263. The molecule has 8 heteroatoms. The second-order valence-electron chi connectivity index (χ2n) is 6.33. The molecule has 0 spiro atoms. The number of benzene rings is 1. The van der Waals surface area contributed by atoms with Gasteiger partial charge in [-0.25, -0.2) is 9.97 Å². The Morgan fingerprint density at radius 1 is 1.30 bits per heavy atom. The number of thioether (sulfide) groups is 1. The number of nitro groups is 1. The van der Waals surface area contributed by atoms with Gasteiger partial charge in [-0.3, -0.25) is 15.0 Å². The maximum Gasteiger partial charge on any atom is 0.280 e. The number of rotatable bonds is 5. The van der Waals surface area contributed by atoms with Crippen LogP contribution in [-0.4, -0.2) is 32.6 Å². The van der Waals surface area contributed by atoms with Gasteiger partial charge in [0.2, 0.25) is 0 Å². The van der Waals surface area contributed by atoms with Crippen molar-refractivity contribution >= 4 is 17.4 Å². The molecule has 0 fully saturated rings. The van der Waals surface area contributed by atoms with Gasteiger partial charge in [-0.1, -0.05) is 23.9 Å². The first-order valence-electron chi connectivity index (χ1n) is 8.57. The summed E-state index contributed by atoms with van der Waals surface area (Å²) in [5, 5.41) is 12.0. The van der Waals surface area contributed by atoms with Crippen LogP contribution in [0.25, 0.3) is 11.3 Å². The first-order chi connectivity index (χ1) is 13.1. The van der Waals surface area contributed by atoms with Crippen LogP contribution in [0.4, 0.5) is 5.69 Å². The monoisotopic (exact) mass is 382 g/mol. The Bertz CT molecular complexity index is 989. The molecule has 0 amide bonds. The molecule has 27 heavy (non-hydrogen) atoms. The fourth-order valence-corrected chi connectivity index (χ4v) is 3.62. The Morgan fingerprint density at radius 2 is 2.15 bits per heavy atom. The van der Waals surface area contributed by atoms with Crippen molar-refractivity contribution in [1.82, 2.24) is 14.9 Å². The lowest BCUT2D eigenvalue weighted by atomic mass is 10.1. The van der Waals surface area contributed by atoms with Gasteiger partial charge in [0.25, 0.3) is 5.69 Å². The summed E-state index contributed by atoms with van der Waals surface area (Å²) in [6.45, 7) is 2.30. The van der Waals surface area contributed by atoms with E-state index in [1.807, 2.05) is 18.5 Å². The first kappa shape index (κ1) is 17.7. The molecule has 0 saturated heterocycles. The third kappa shape index (κ3) is 3.72. The molecule has 0 aliphatic carbocycles. The van der Waals surface area contributed by atoms with Crippen LogP contribution >= 0.6 is 11.8 Å². The lowest BCUT2D eigenvalue weighted by Crippen LogP contribution is -2.30. The molecule has 138 valence electrons. The lowest BCUT2D eigenvalue weighted by Gasteiger charge is -2.27. The Labute approximate surface area is 160 Å². The van der Waals surface area contributed by atoms with E-state index in [4.69, 9.17) is 4.42 Å². The first-order valence-corrected chi connectivity index (χ1v) is 9.80. The number of furan rings is 1. The molecule has 3 heterocycles. The number of hydrogen-bond acceptors (Lipinski definition) is 7. The molecule has 0 radical (unpaired) electrons. The van der Waals surface area contributed by atoms with E-state index in [0.29, 0.717) is 17.9 Å². The molecule has 3 aromatic rings. The maximum absolute atomic E-state index is 11.2. The van der Waals surface area contributed by atoms with Gasteiger partial charge >= 0.3 is 0 Å². The van der Waals surface area contributed by atoms with E-state index < -0.39 is 0 Å². The average molecular weight is 382 g/mol. The minimum Gasteiger partial charge on any atom is -0.459 e. The molecule has 0 atom stereocenters. The highest BCUT2D eigenvalue weighted by atomic mass is 32.2. The average Bonchev–Trinajstić information content (AvgIpc) is 3.15. The van der Waals surface area contributed by atoms with Crippen molar-refractivity contribution in [2.45, 2.75) is 24.7 Å². The summed E-state index contributed by atoms with van der Waals surface area (Å²) < 4.78 is 5.91. The number of hydrogen-bond donors (Lipinski definition) is 0. The molecule has 0 unspecified atom stereocenters. The van der Waals surface area contributed by atoms with Gasteiger partial charge in [0.15, 0.2) is 5.16 Å². The van der Waals surface area contributed by atoms with E-state index in [0.717, 1.165) is 41.7 Å². The van der Waals surface area contributed by atoms with E-state index >= 15 is 0 Å². The summed E-state index contributed by atoms with van der Waals surface area (Å²) in [6, 6.07) is 10.3. The highest BCUT2D eigenvalue weighted by Gasteiger charge is 2.21. The van der Waals surface area contributed by atoms with Gasteiger partial charge < -0.3 is 4.42 Å². The molecule has 0 N–H and O–H groups in total. The second-order valence-corrected chi connectivity index (χ2v) is 7.10. The Balaban J connectivity index is 1.50. The van der Waals surface area contributed by atoms with Crippen molar-refractivity contribution in [1.29, 1.82) is 0 Å². The Hall–Kier alpha value is -2.71. The predicted octanol–water partition coefficient (Wildman–Crippen LogP) is 3.93. The predicted molar refractivity (Wildman–Crippen MR) is 102 cm³/mol. The molecule has 0 saturated carbocycles. The highest BCUT2D eigenvalue weighted by molar-refractivity contribution is 7.98. The number of para-hydroxylation sites is 1. The lowest BCUT2D eigenvalue weighted by molar-refractivity contribution is -0.384. The zero-order valence-corrected chi connectivity index (χ0v) is 15.6. The maximum atomic E-state index is 11.2. The van der Waals surface area contributed by atoms with E-state index in [9.17, 15) is 10.1 Å². The van der Waals surface area contributed by atoms with Crippen molar-refractivity contribution in [2.24, 2.45) is 0 Å². The summed E-state index contributed by atoms with van der Waals surface area (Å²) >= 11 is 1.55. The van der Waals surface area contributed by atoms with Gasteiger partial charge in [-0.2, -0.15) is 0 Å². The van der Waals surface area contributed by atoms with Crippen LogP contribution in [0.1, 0.15) is 17.0 Å². The molecule has 1 aliphatic rings. The van der Waals surface area contributed by atoms with Crippen molar-refractivity contribution in [3.05, 3.63) is 69.7 Å². The topological polar surface area (TPSA) is 85.3 Å². The highest BCUT2D eigenvalue weighted by Crippen LogP contribution is 2.31. The van der Waals surface area contributed by atoms with E-state index in [-0.39, 0.29) is 10.6 Å². The van der Waals surface area contributed by atoms with Crippen LogP contribution in [0.15, 0.2) is 52.2 Å². The number of fused-ring (bicyclic) bond motifs is 1. The summed E-state index contributed by atoms with van der Waals surface area (Å²) in [5.74, 6) is 1.30. The van der Waals surface area contributed by atoms with Crippen LogP contribution < -0.4 is 0 Å². The van der Waals surface area contributed by atoms with E-state index in [2.05, 4.69) is 14.9 Å². The minimum atomic E-state index is -0.387. The summed E-state index contributed by atoms with van der Waals surface area (Å²) in [6.07, 6.45) is 4.76. The van der Waals surface area contributed by atoms with Gasteiger partial charge in [-0.15, -0.1) is 0 Å². The third-order valence-corrected chi connectivity index (χ3v) is 5.14. The Morgan fingerprint density at radius 3 is 2.96 bits per heavy atom. The molecule has 1 aliphatic heterocycles.